The van der Waals surface area contributed by atoms with E-state index in [9.17, 15) is 9.36 Å². The standard InChI is InChI=1S/C25H30N7O6P/c1-3-35-21(33)12-30-39(34,38-17-7-5-4-6-8-17)36-14-18-11-16(2)25(37-18)32-13-19(20-9-10-29-31-20)22-23(26)27-15-28-24(22)32/h4-10,13,15-16,18,25H,3,11-12,14H2,1-2H3,(H,29,31)(H,30,34)(H2,26,27,28)/t16?,18-,25+,39?/m0/s1. The molecule has 1 aromatic carbocycles. The van der Waals surface area contributed by atoms with Crippen LogP contribution in [0.1, 0.15) is 26.5 Å². The fourth-order valence-electron chi connectivity index (χ4n) is 4.56. The van der Waals surface area contributed by atoms with E-state index in [1.54, 1.807) is 43.5 Å². The fourth-order valence-corrected chi connectivity index (χ4v) is 5.85. The van der Waals surface area contributed by atoms with E-state index in [0.717, 1.165) is 11.3 Å². The molecule has 4 heterocycles. The average Bonchev–Trinajstić information content (AvgIpc) is 3.66. The molecule has 4 aromatic rings. The summed E-state index contributed by atoms with van der Waals surface area (Å²) in [5.74, 6) is 0.165. The van der Waals surface area contributed by atoms with E-state index in [1.807, 2.05) is 16.8 Å². The van der Waals surface area contributed by atoms with Crippen molar-refractivity contribution in [3.8, 4) is 17.0 Å². The molecule has 5 rings (SSSR count). The van der Waals surface area contributed by atoms with Gasteiger partial charge in [0.2, 0.25) is 0 Å². The van der Waals surface area contributed by atoms with Crippen LogP contribution in [0.15, 0.2) is 55.1 Å². The maximum Gasteiger partial charge on any atom is 0.459 e. The van der Waals surface area contributed by atoms with Crippen LogP contribution < -0.4 is 15.3 Å². The van der Waals surface area contributed by atoms with Crippen molar-refractivity contribution in [1.29, 1.82) is 0 Å². The molecule has 0 saturated carbocycles. The van der Waals surface area contributed by atoms with Crippen LogP contribution in [-0.2, 0) is 23.4 Å². The van der Waals surface area contributed by atoms with Crippen LogP contribution in [0.5, 0.6) is 5.75 Å². The number of aromatic amines is 1. The number of carbonyl (C=O) groups excluding carboxylic acids is 1. The fraction of sp³-hybridized carbons (Fsp3) is 0.360. The third kappa shape index (κ3) is 5.96. The highest BCUT2D eigenvalue weighted by Crippen LogP contribution is 2.46. The second-order valence-corrected chi connectivity index (χ2v) is 10.8. The minimum absolute atomic E-state index is 0.0372. The second kappa shape index (κ2) is 11.5. The maximum absolute atomic E-state index is 13.6. The summed E-state index contributed by atoms with van der Waals surface area (Å²) in [6, 6.07) is 10.4. The van der Waals surface area contributed by atoms with Gasteiger partial charge in [-0.25, -0.2) is 19.6 Å². The normalized spacial score (nSPS) is 20.6. The predicted octanol–water partition coefficient (Wildman–Crippen LogP) is 3.68. The number of hydrogen-bond acceptors (Lipinski definition) is 10. The first-order valence-corrected chi connectivity index (χ1v) is 14.1. The number of nitrogens with zero attached hydrogens (tertiary/aromatic N) is 4. The van der Waals surface area contributed by atoms with Gasteiger partial charge in [0.15, 0.2) is 0 Å². The molecule has 0 radical (unpaired) electrons. The number of carbonyl (C=O) groups is 1. The molecule has 1 aliphatic heterocycles. The Morgan fingerprint density at radius 1 is 1.28 bits per heavy atom. The highest BCUT2D eigenvalue weighted by atomic mass is 31.2. The van der Waals surface area contributed by atoms with Crippen LogP contribution in [0, 0.1) is 5.92 Å². The monoisotopic (exact) mass is 555 g/mol. The molecule has 1 aliphatic rings. The summed E-state index contributed by atoms with van der Waals surface area (Å²) >= 11 is 0. The molecule has 3 aromatic heterocycles. The molecular weight excluding hydrogens is 525 g/mol. The third-order valence-corrected chi connectivity index (χ3v) is 7.76. The number of esters is 1. The lowest BCUT2D eigenvalue weighted by Crippen LogP contribution is -2.27. The molecule has 0 bridgehead atoms. The number of ether oxygens (including phenoxy) is 2. The first-order valence-electron chi connectivity index (χ1n) is 12.5. The summed E-state index contributed by atoms with van der Waals surface area (Å²) in [4.78, 5) is 20.5. The number of rotatable bonds is 11. The molecule has 0 spiro atoms. The Morgan fingerprint density at radius 3 is 2.85 bits per heavy atom. The molecule has 2 unspecified atom stereocenters. The van der Waals surface area contributed by atoms with E-state index in [-0.39, 0.29) is 25.7 Å². The number of H-pyrrole nitrogens is 1. The molecule has 14 heteroatoms. The van der Waals surface area contributed by atoms with E-state index < -0.39 is 26.0 Å². The molecule has 39 heavy (non-hydrogen) atoms. The largest absolute Gasteiger partial charge is 0.465 e. The van der Waals surface area contributed by atoms with Crippen LogP contribution in [0.4, 0.5) is 5.82 Å². The van der Waals surface area contributed by atoms with Gasteiger partial charge in [0.1, 0.15) is 36.3 Å². The number of hydrogen-bond donors (Lipinski definition) is 3. The number of anilines is 1. The van der Waals surface area contributed by atoms with E-state index in [0.29, 0.717) is 29.0 Å². The number of para-hydroxylation sites is 1. The Bertz CT molecular complexity index is 1460. The molecule has 4 N–H and O–H groups in total. The van der Waals surface area contributed by atoms with E-state index in [1.165, 1.54) is 6.33 Å². The molecule has 13 nitrogen and oxygen atoms in total. The van der Waals surface area contributed by atoms with Gasteiger partial charge in [0.25, 0.3) is 0 Å². The zero-order valence-corrected chi connectivity index (χ0v) is 22.4. The van der Waals surface area contributed by atoms with Gasteiger partial charge in [-0.1, -0.05) is 25.1 Å². The quantitative estimate of drug-likeness (QED) is 0.182. The van der Waals surface area contributed by atoms with E-state index in [4.69, 9.17) is 24.3 Å². The third-order valence-electron chi connectivity index (χ3n) is 6.28. The summed E-state index contributed by atoms with van der Waals surface area (Å²) in [6.45, 7) is 3.57. The van der Waals surface area contributed by atoms with Crippen LogP contribution in [0.25, 0.3) is 22.3 Å². The number of nitrogen functional groups attached to an aromatic ring is 1. The van der Waals surface area contributed by atoms with Gasteiger partial charge in [-0.3, -0.25) is 14.4 Å². The molecule has 0 aliphatic carbocycles. The molecule has 1 saturated heterocycles. The lowest BCUT2D eigenvalue weighted by molar-refractivity contribution is -0.141. The first-order chi connectivity index (χ1) is 18.9. The Kier molecular flexibility index (Phi) is 7.94. The van der Waals surface area contributed by atoms with Gasteiger partial charge in [-0.15, -0.1) is 0 Å². The van der Waals surface area contributed by atoms with Crippen molar-refractivity contribution < 1.29 is 27.9 Å². The summed E-state index contributed by atoms with van der Waals surface area (Å²) < 4.78 is 38.2. The van der Waals surface area contributed by atoms with Crippen molar-refractivity contribution in [3.63, 3.8) is 0 Å². The second-order valence-electron chi connectivity index (χ2n) is 9.08. The highest BCUT2D eigenvalue weighted by Gasteiger charge is 2.38. The minimum Gasteiger partial charge on any atom is -0.465 e. The predicted molar refractivity (Wildman–Crippen MR) is 142 cm³/mol. The molecule has 4 atom stereocenters. The van der Waals surface area contributed by atoms with Crippen molar-refractivity contribution >= 4 is 30.6 Å². The lowest BCUT2D eigenvalue weighted by Gasteiger charge is -2.22. The van der Waals surface area contributed by atoms with Gasteiger partial charge in [0, 0.05) is 23.9 Å². The minimum atomic E-state index is -3.94. The van der Waals surface area contributed by atoms with E-state index in [2.05, 4.69) is 32.2 Å². The van der Waals surface area contributed by atoms with Gasteiger partial charge in [-0.2, -0.15) is 5.10 Å². The summed E-state index contributed by atoms with van der Waals surface area (Å²) in [5, 5.41) is 10.3. The Labute approximate surface area is 224 Å². The Hall–Kier alpha value is -3.77. The summed E-state index contributed by atoms with van der Waals surface area (Å²) in [6.07, 6.45) is 4.80. The van der Waals surface area contributed by atoms with Crippen molar-refractivity contribution in [2.45, 2.75) is 32.6 Å². The molecule has 0 amide bonds. The van der Waals surface area contributed by atoms with Gasteiger partial charge >= 0.3 is 13.7 Å². The van der Waals surface area contributed by atoms with Gasteiger partial charge in [0.05, 0.1) is 30.4 Å². The smallest absolute Gasteiger partial charge is 0.459 e. The maximum atomic E-state index is 13.6. The lowest BCUT2D eigenvalue weighted by atomic mass is 10.1. The number of aromatic nitrogens is 5. The van der Waals surface area contributed by atoms with Gasteiger partial charge < -0.3 is 24.3 Å². The topological polar surface area (TPSA) is 168 Å². The molecule has 206 valence electrons. The molecule has 1 fully saturated rings. The SMILES string of the molecule is CCOC(=O)CNP(=O)(OC[C@@H]1CC(C)[C@H](n2cc(-c3ccn[nH]3)c3c(N)ncnc32)O1)Oc1ccccc1. The number of nitrogens with one attached hydrogen (secondary N) is 2. The first kappa shape index (κ1) is 26.8. The Balaban J connectivity index is 1.33. The van der Waals surface area contributed by atoms with Crippen molar-refractivity contribution in [1.82, 2.24) is 29.8 Å². The zero-order chi connectivity index (χ0) is 27.4. The van der Waals surface area contributed by atoms with Crippen LogP contribution >= 0.6 is 7.75 Å². The van der Waals surface area contributed by atoms with Gasteiger partial charge in [-0.05, 0) is 31.5 Å². The average molecular weight is 556 g/mol. The number of nitrogens with two attached hydrogens (primary N) is 1. The van der Waals surface area contributed by atoms with Crippen LogP contribution in [0.3, 0.4) is 0 Å². The van der Waals surface area contributed by atoms with Crippen LogP contribution in [0.2, 0.25) is 0 Å². The van der Waals surface area contributed by atoms with Crippen molar-refractivity contribution in [2.75, 3.05) is 25.5 Å². The summed E-state index contributed by atoms with van der Waals surface area (Å²) in [7, 11) is -3.94. The highest BCUT2D eigenvalue weighted by molar-refractivity contribution is 7.52. The van der Waals surface area contributed by atoms with Crippen molar-refractivity contribution in [2.24, 2.45) is 5.92 Å². The zero-order valence-electron chi connectivity index (χ0n) is 21.5. The number of fused-ring (bicyclic) bond motifs is 1. The molecular formula is C25H30N7O6P. The van der Waals surface area contributed by atoms with E-state index >= 15 is 0 Å². The summed E-state index contributed by atoms with van der Waals surface area (Å²) in [5.41, 5.74) is 8.43. The number of benzene rings is 1. The van der Waals surface area contributed by atoms with Crippen molar-refractivity contribution in [3.05, 3.63) is 55.1 Å². The Morgan fingerprint density at radius 2 is 2.10 bits per heavy atom. The van der Waals surface area contributed by atoms with Crippen LogP contribution in [-0.4, -0.2) is 56.6 Å².